The molecule has 0 aliphatic rings. The fourth-order valence-corrected chi connectivity index (χ4v) is 5.93. The third kappa shape index (κ3) is 4.46. The first-order valence-electron chi connectivity index (χ1n) is 11.9. The van der Waals surface area contributed by atoms with E-state index in [0.717, 1.165) is 22.8 Å². The van der Waals surface area contributed by atoms with Crippen molar-refractivity contribution in [3.05, 3.63) is 132 Å². The Morgan fingerprint density at radius 2 is 1.20 bits per heavy atom. The van der Waals surface area contributed by atoms with Gasteiger partial charge in [-0.3, -0.25) is 9.97 Å². The van der Waals surface area contributed by atoms with Crippen LogP contribution in [0.1, 0.15) is 17.1 Å². The quantitative estimate of drug-likeness (QED) is 0.255. The van der Waals surface area contributed by atoms with Crippen molar-refractivity contribution in [1.29, 1.82) is 0 Å². The highest BCUT2D eigenvalue weighted by Crippen LogP contribution is 2.30. The van der Waals surface area contributed by atoms with Crippen molar-refractivity contribution in [3.8, 4) is 11.3 Å². The van der Waals surface area contributed by atoms with Gasteiger partial charge in [0.1, 0.15) is 0 Å². The second-order valence-electron chi connectivity index (χ2n) is 8.82. The second-order valence-corrected chi connectivity index (χ2v) is 10.2. The summed E-state index contributed by atoms with van der Waals surface area (Å²) < 4.78 is 0. The SMILES string of the molecule is Cc1nc(Cc2cc3ccccc3c(-c3ccccc3Pc3ccccc3)n2)cc2ccccc12. The summed E-state index contributed by atoms with van der Waals surface area (Å²) >= 11 is 0. The van der Waals surface area contributed by atoms with E-state index in [-0.39, 0.29) is 0 Å². The number of rotatable bonds is 5. The van der Waals surface area contributed by atoms with E-state index in [4.69, 9.17) is 9.97 Å². The lowest BCUT2D eigenvalue weighted by atomic mass is 10.0. The van der Waals surface area contributed by atoms with Crippen molar-refractivity contribution in [3.63, 3.8) is 0 Å². The van der Waals surface area contributed by atoms with Crippen molar-refractivity contribution in [2.75, 3.05) is 0 Å². The molecule has 35 heavy (non-hydrogen) atoms. The van der Waals surface area contributed by atoms with Gasteiger partial charge in [-0.05, 0) is 40.4 Å². The molecule has 168 valence electrons. The fourth-order valence-electron chi connectivity index (χ4n) is 4.74. The largest absolute Gasteiger partial charge is 0.257 e. The molecule has 2 aromatic heterocycles. The topological polar surface area (TPSA) is 25.8 Å². The molecule has 0 radical (unpaired) electrons. The number of hydrogen-bond donors (Lipinski definition) is 0. The first-order valence-corrected chi connectivity index (χ1v) is 12.9. The molecule has 2 nitrogen and oxygen atoms in total. The molecule has 0 fully saturated rings. The zero-order valence-corrected chi connectivity index (χ0v) is 20.6. The lowest BCUT2D eigenvalue weighted by Crippen LogP contribution is -2.08. The molecule has 0 aliphatic heterocycles. The van der Waals surface area contributed by atoms with Gasteiger partial charge in [-0.1, -0.05) is 112 Å². The zero-order chi connectivity index (χ0) is 23.6. The van der Waals surface area contributed by atoms with E-state index in [9.17, 15) is 0 Å². The van der Waals surface area contributed by atoms with Crippen LogP contribution >= 0.6 is 8.58 Å². The van der Waals surface area contributed by atoms with E-state index >= 15 is 0 Å². The van der Waals surface area contributed by atoms with Crippen LogP contribution in [0.2, 0.25) is 0 Å². The van der Waals surface area contributed by atoms with Gasteiger partial charge < -0.3 is 0 Å². The maximum atomic E-state index is 5.24. The predicted octanol–water partition coefficient (Wildman–Crippen LogP) is 6.98. The smallest absolute Gasteiger partial charge is 0.0790 e. The Kier molecular flexibility index (Phi) is 5.82. The van der Waals surface area contributed by atoms with Gasteiger partial charge in [0.2, 0.25) is 0 Å². The van der Waals surface area contributed by atoms with Crippen LogP contribution in [-0.2, 0) is 6.42 Å². The van der Waals surface area contributed by atoms with Crippen LogP contribution in [-0.4, -0.2) is 9.97 Å². The summed E-state index contributed by atoms with van der Waals surface area (Å²) in [6.07, 6.45) is 0.701. The van der Waals surface area contributed by atoms with Crippen LogP contribution in [0.25, 0.3) is 32.8 Å². The summed E-state index contributed by atoms with van der Waals surface area (Å²) in [6, 6.07) is 40.8. The Hall–Kier alpha value is -3.87. The van der Waals surface area contributed by atoms with Crippen molar-refractivity contribution in [1.82, 2.24) is 9.97 Å². The van der Waals surface area contributed by atoms with E-state index in [1.54, 1.807) is 0 Å². The fraction of sp³-hybridized carbons (Fsp3) is 0.0625. The molecule has 6 rings (SSSR count). The van der Waals surface area contributed by atoms with Crippen molar-refractivity contribution in [2.24, 2.45) is 0 Å². The van der Waals surface area contributed by atoms with E-state index in [1.165, 1.54) is 37.7 Å². The predicted molar refractivity (Wildman–Crippen MR) is 150 cm³/mol. The second kappa shape index (κ2) is 9.41. The number of fused-ring (bicyclic) bond motifs is 2. The van der Waals surface area contributed by atoms with Crippen LogP contribution in [0.3, 0.4) is 0 Å². The third-order valence-electron chi connectivity index (χ3n) is 6.37. The van der Waals surface area contributed by atoms with Crippen molar-refractivity contribution < 1.29 is 0 Å². The Morgan fingerprint density at radius 3 is 2.00 bits per heavy atom. The molecule has 0 N–H and O–H groups in total. The molecule has 1 atom stereocenters. The summed E-state index contributed by atoms with van der Waals surface area (Å²) in [4.78, 5) is 10.2. The van der Waals surface area contributed by atoms with Crippen molar-refractivity contribution >= 4 is 40.7 Å². The van der Waals surface area contributed by atoms with Gasteiger partial charge in [-0.25, -0.2) is 0 Å². The monoisotopic (exact) mass is 468 g/mol. The minimum Gasteiger partial charge on any atom is -0.257 e. The van der Waals surface area contributed by atoms with Gasteiger partial charge in [-0.2, -0.15) is 0 Å². The molecule has 0 saturated heterocycles. The van der Waals surface area contributed by atoms with Gasteiger partial charge in [0.15, 0.2) is 0 Å². The van der Waals surface area contributed by atoms with E-state index < -0.39 is 0 Å². The van der Waals surface area contributed by atoms with Crippen LogP contribution in [0, 0.1) is 6.92 Å². The molecule has 0 bridgehead atoms. The summed E-state index contributed by atoms with van der Waals surface area (Å²) in [5.74, 6) is 0. The molecular formula is C32H25N2P. The molecule has 0 saturated carbocycles. The van der Waals surface area contributed by atoms with E-state index in [0.29, 0.717) is 15.0 Å². The molecule has 0 aliphatic carbocycles. The number of hydrogen-bond acceptors (Lipinski definition) is 2. The number of nitrogens with zero attached hydrogens (tertiary/aromatic N) is 2. The molecular weight excluding hydrogens is 443 g/mol. The average Bonchev–Trinajstić information content (AvgIpc) is 2.89. The summed E-state index contributed by atoms with van der Waals surface area (Å²) in [5.41, 5.74) is 5.41. The van der Waals surface area contributed by atoms with Crippen molar-refractivity contribution in [2.45, 2.75) is 13.3 Å². The minimum atomic E-state index is 0.577. The van der Waals surface area contributed by atoms with Crippen LogP contribution in [0.4, 0.5) is 0 Å². The minimum absolute atomic E-state index is 0.577. The highest BCUT2D eigenvalue weighted by atomic mass is 31.1. The summed E-state index contributed by atoms with van der Waals surface area (Å²) in [7, 11) is 0.577. The van der Waals surface area contributed by atoms with Gasteiger partial charge in [0, 0.05) is 39.8 Å². The molecule has 1 unspecified atom stereocenters. The number of aromatic nitrogens is 2. The highest BCUT2D eigenvalue weighted by molar-refractivity contribution is 7.55. The molecule has 3 heteroatoms. The Balaban J connectivity index is 1.46. The lowest BCUT2D eigenvalue weighted by Gasteiger charge is -2.14. The third-order valence-corrected chi connectivity index (χ3v) is 7.70. The summed E-state index contributed by atoms with van der Waals surface area (Å²) in [5, 5.41) is 7.47. The first kappa shape index (κ1) is 21.6. The first-order chi connectivity index (χ1) is 17.2. The van der Waals surface area contributed by atoms with Gasteiger partial charge in [0.05, 0.1) is 5.69 Å². The van der Waals surface area contributed by atoms with Crippen LogP contribution < -0.4 is 10.6 Å². The van der Waals surface area contributed by atoms with Crippen LogP contribution in [0.5, 0.6) is 0 Å². The van der Waals surface area contributed by atoms with Crippen LogP contribution in [0.15, 0.2) is 115 Å². The Bertz CT molecular complexity index is 1660. The molecule has 6 aromatic rings. The highest BCUT2D eigenvalue weighted by Gasteiger charge is 2.14. The average molecular weight is 469 g/mol. The van der Waals surface area contributed by atoms with Gasteiger partial charge in [0.25, 0.3) is 0 Å². The Labute approximate surface area is 207 Å². The maximum absolute atomic E-state index is 5.24. The molecule has 2 heterocycles. The lowest BCUT2D eigenvalue weighted by molar-refractivity contribution is 1.01. The van der Waals surface area contributed by atoms with E-state index in [1.807, 2.05) is 0 Å². The molecule has 0 spiro atoms. The number of benzene rings is 4. The molecule has 0 amide bonds. The number of aryl methyl sites for hydroxylation is 1. The van der Waals surface area contributed by atoms with E-state index in [2.05, 4.69) is 122 Å². The number of pyridine rings is 2. The molecule has 4 aromatic carbocycles. The summed E-state index contributed by atoms with van der Waals surface area (Å²) in [6.45, 7) is 2.09. The zero-order valence-electron chi connectivity index (χ0n) is 19.6. The maximum Gasteiger partial charge on any atom is 0.0790 e. The van der Waals surface area contributed by atoms with Gasteiger partial charge >= 0.3 is 0 Å². The van der Waals surface area contributed by atoms with Gasteiger partial charge in [-0.15, -0.1) is 0 Å². The standard InChI is InChI=1S/C32H25N2P/c1-22-28-15-7-5-11-23(28)19-25(33-22)21-26-20-24-12-6-8-16-29(24)32(34-26)30-17-9-10-18-31(30)35-27-13-3-2-4-14-27/h2-20,35H,21H2,1H3. The normalized spacial score (nSPS) is 11.6. The Morgan fingerprint density at radius 1 is 0.600 bits per heavy atom.